The molecule has 0 aliphatic heterocycles. The van der Waals surface area contributed by atoms with E-state index in [9.17, 15) is 13.9 Å². The zero-order valence-electron chi connectivity index (χ0n) is 10.6. The van der Waals surface area contributed by atoms with Crippen molar-refractivity contribution in [3.8, 4) is 5.75 Å². The molecule has 2 aromatic carbocycles. The van der Waals surface area contributed by atoms with Crippen molar-refractivity contribution in [3.63, 3.8) is 0 Å². The molecule has 2 rings (SSSR count). The number of aromatic hydroxyl groups is 1. The van der Waals surface area contributed by atoms with E-state index in [2.05, 4.69) is 0 Å². The lowest BCUT2D eigenvalue weighted by Crippen LogP contribution is -2.16. The highest BCUT2D eigenvalue weighted by molar-refractivity contribution is 6.32. The Hall–Kier alpha value is -1.65. The van der Waals surface area contributed by atoms with Gasteiger partial charge in [0.2, 0.25) is 0 Å². The van der Waals surface area contributed by atoms with Crippen molar-refractivity contribution < 1.29 is 13.9 Å². The topological polar surface area (TPSA) is 46.2 Å². The van der Waals surface area contributed by atoms with Crippen LogP contribution in [-0.4, -0.2) is 11.7 Å². The second-order valence-electron chi connectivity index (χ2n) is 4.59. The number of phenolic OH excluding ortho intramolecular Hbond substituents is 1. The highest BCUT2D eigenvalue weighted by atomic mass is 35.5. The minimum atomic E-state index is -0.616. The maximum atomic E-state index is 13.8. The molecule has 0 bridgehead atoms. The second-order valence-corrected chi connectivity index (χ2v) is 5.00. The Kier molecular flexibility index (Phi) is 4.57. The summed E-state index contributed by atoms with van der Waals surface area (Å²) in [5.74, 6) is -1.51. The molecule has 1 unspecified atom stereocenters. The van der Waals surface area contributed by atoms with Gasteiger partial charge in [-0.15, -0.1) is 0 Å². The molecule has 20 heavy (non-hydrogen) atoms. The maximum Gasteiger partial charge on any atom is 0.134 e. The smallest absolute Gasteiger partial charge is 0.134 e. The van der Waals surface area contributed by atoms with Crippen molar-refractivity contribution in [3.05, 3.63) is 64.2 Å². The Morgan fingerprint density at radius 3 is 2.50 bits per heavy atom. The van der Waals surface area contributed by atoms with E-state index in [0.29, 0.717) is 12.0 Å². The summed E-state index contributed by atoms with van der Waals surface area (Å²) in [6.07, 6.45) is 0.457. The summed E-state index contributed by atoms with van der Waals surface area (Å²) < 4.78 is 26.7. The van der Waals surface area contributed by atoms with Gasteiger partial charge in [0, 0.05) is 12.0 Å². The fourth-order valence-electron chi connectivity index (χ4n) is 2.11. The molecule has 0 heterocycles. The van der Waals surface area contributed by atoms with Gasteiger partial charge >= 0.3 is 0 Å². The Morgan fingerprint density at radius 1 is 1.15 bits per heavy atom. The summed E-state index contributed by atoms with van der Waals surface area (Å²) >= 11 is 5.83. The number of halogens is 3. The molecule has 5 heteroatoms. The van der Waals surface area contributed by atoms with E-state index in [4.69, 9.17) is 17.3 Å². The average molecular weight is 298 g/mol. The lowest BCUT2D eigenvalue weighted by molar-refractivity contribution is 0.475. The van der Waals surface area contributed by atoms with Crippen LogP contribution >= 0.6 is 11.6 Å². The quantitative estimate of drug-likeness (QED) is 0.905. The molecular formula is C15H14ClF2NO. The number of benzene rings is 2. The van der Waals surface area contributed by atoms with Gasteiger partial charge in [-0.25, -0.2) is 8.78 Å². The molecule has 0 saturated heterocycles. The molecular weight excluding hydrogens is 284 g/mol. The number of hydrogen-bond donors (Lipinski definition) is 2. The van der Waals surface area contributed by atoms with Gasteiger partial charge in [-0.05, 0) is 42.3 Å². The molecule has 2 aromatic rings. The lowest BCUT2D eigenvalue weighted by Gasteiger charge is -2.16. The van der Waals surface area contributed by atoms with Crippen molar-refractivity contribution in [2.24, 2.45) is 5.73 Å². The first-order valence-electron chi connectivity index (χ1n) is 6.13. The first-order chi connectivity index (χ1) is 9.51. The minimum absolute atomic E-state index is 0.00678. The van der Waals surface area contributed by atoms with Crippen molar-refractivity contribution in [1.29, 1.82) is 0 Å². The van der Waals surface area contributed by atoms with Crippen LogP contribution in [0.3, 0.4) is 0 Å². The van der Waals surface area contributed by atoms with Crippen LogP contribution in [0.2, 0.25) is 5.02 Å². The molecule has 3 N–H and O–H groups in total. The fourth-order valence-corrected chi connectivity index (χ4v) is 2.32. The van der Waals surface area contributed by atoms with E-state index in [1.807, 2.05) is 0 Å². The third-order valence-electron chi connectivity index (χ3n) is 3.18. The van der Waals surface area contributed by atoms with E-state index in [1.165, 1.54) is 18.2 Å². The van der Waals surface area contributed by atoms with Crippen LogP contribution in [0.15, 0.2) is 36.4 Å². The molecule has 0 saturated carbocycles. The van der Waals surface area contributed by atoms with Crippen molar-refractivity contribution in [2.45, 2.75) is 12.3 Å². The molecule has 2 nitrogen and oxygen atoms in total. The van der Waals surface area contributed by atoms with Crippen LogP contribution in [-0.2, 0) is 6.42 Å². The zero-order valence-corrected chi connectivity index (χ0v) is 11.4. The normalized spacial score (nSPS) is 12.4. The van der Waals surface area contributed by atoms with Crippen LogP contribution in [0.1, 0.15) is 17.0 Å². The Bertz CT molecular complexity index is 619. The highest BCUT2D eigenvalue weighted by Crippen LogP contribution is 2.28. The minimum Gasteiger partial charge on any atom is -0.506 e. The summed E-state index contributed by atoms with van der Waals surface area (Å²) in [7, 11) is 0. The number of hydrogen-bond acceptors (Lipinski definition) is 2. The van der Waals surface area contributed by atoms with Crippen molar-refractivity contribution >= 4 is 11.6 Å². The molecule has 0 spiro atoms. The third kappa shape index (κ3) is 3.26. The fraction of sp³-hybridized carbons (Fsp3) is 0.200. The van der Waals surface area contributed by atoms with E-state index >= 15 is 0 Å². The number of rotatable bonds is 4. The van der Waals surface area contributed by atoms with Crippen LogP contribution in [0.5, 0.6) is 5.75 Å². The molecule has 0 radical (unpaired) electrons. The maximum absolute atomic E-state index is 13.8. The number of nitrogens with two attached hydrogens (primary N) is 1. The summed E-state index contributed by atoms with van der Waals surface area (Å²) in [6.45, 7) is 0.223. The second kappa shape index (κ2) is 6.20. The lowest BCUT2D eigenvalue weighted by atomic mass is 9.91. The first kappa shape index (κ1) is 14.8. The van der Waals surface area contributed by atoms with Crippen LogP contribution in [0.25, 0.3) is 0 Å². The Labute approximate surface area is 120 Å². The van der Waals surface area contributed by atoms with E-state index in [0.717, 1.165) is 11.6 Å². The van der Waals surface area contributed by atoms with Crippen LogP contribution in [0.4, 0.5) is 8.78 Å². The van der Waals surface area contributed by atoms with Crippen LogP contribution in [0, 0.1) is 11.6 Å². The Morgan fingerprint density at radius 2 is 1.90 bits per heavy atom. The molecule has 0 aliphatic rings. The van der Waals surface area contributed by atoms with Gasteiger partial charge in [0.15, 0.2) is 0 Å². The predicted octanol–water partition coefficient (Wildman–Crippen LogP) is 3.61. The molecule has 1 atom stereocenters. The standard InChI is InChI=1S/C15H14ClF2NO/c16-13-6-9(1-4-15(13)20)5-10(8-19)12-3-2-11(17)7-14(12)18/h1-4,6-7,10,20H,5,8,19H2. The summed E-state index contributed by atoms with van der Waals surface area (Å²) in [5, 5.41) is 9.60. The monoisotopic (exact) mass is 297 g/mol. The summed E-state index contributed by atoms with van der Waals surface area (Å²) in [6, 6.07) is 8.26. The van der Waals surface area contributed by atoms with Gasteiger partial charge in [0.05, 0.1) is 5.02 Å². The van der Waals surface area contributed by atoms with Gasteiger partial charge in [-0.1, -0.05) is 23.7 Å². The van der Waals surface area contributed by atoms with Gasteiger partial charge in [0.25, 0.3) is 0 Å². The molecule has 0 aromatic heterocycles. The van der Waals surface area contributed by atoms with Gasteiger partial charge in [-0.2, -0.15) is 0 Å². The SMILES string of the molecule is NCC(Cc1ccc(O)c(Cl)c1)c1ccc(F)cc1F. The third-order valence-corrected chi connectivity index (χ3v) is 3.48. The summed E-state index contributed by atoms with van der Waals surface area (Å²) in [4.78, 5) is 0. The molecule has 0 amide bonds. The van der Waals surface area contributed by atoms with Crippen LogP contribution < -0.4 is 5.73 Å². The van der Waals surface area contributed by atoms with E-state index < -0.39 is 11.6 Å². The zero-order chi connectivity index (χ0) is 14.7. The molecule has 0 aliphatic carbocycles. The molecule has 0 fully saturated rings. The Balaban J connectivity index is 2.26. The van der Waals surface area contributed by atoms with Crippen molar-refractivity contribution in [2.75, 3.05) is 6.54 Å². The van der Waals surface area contributed by atoms with E-state index in [-0.39, 0.29) is 23.2 Å². The van der Waals surface area contributed by atoms with E-state index in [1.54, 1.807) is 12.1 Å². The molecule has 106 valence electrons. The number of phenols is 1. The summed E-state index contributed by atoms with van der Waals surface area (Å²) in [5.41, 5.74) is 6.88. The predicted molar refractivity (Wildman–Crippen MR) is 75.0 cm³/mol. The first-order valence-corrected chi connectivity index (χ1v) is 6.51. The average Bonchev–Trinajstić information content (AvgIpc) is 2.41. The van der Waals surface area contributed by atoms with Crippen molar-refractivity contribution in [1.82, 2.24) is 0 Å². The van der Waals surface area contributed by atoms with Gasteiger partial charge in [-0.3, -0.25) is 0 Å². The van der Waals surface area contributed by atoms with Gasteiger partial charge < -0.3 is 10.8 Å². The van der Waals surface area contributed by atoms with Gasteiger partial charge in [0.1, 0.15) is 17.4 Å². The largest absolute Gasteiger partial charge is 0.506 e. The highest BCUT2D eigenvalue weighted by Gasteiger charge is 2.16.